The van der Waals surface area contributed by atoms with E-state index in [1.807, 2.05) is 6.92 Å². The Morgan fingerprint density at radius 2 is 2.31 bits per heavy atom. The van der Waals surface area contributed by atoms with Gasteiger partial charge in [-0.15, -0.1) is 0 Å². The van der Waals surface area contributed by atoms with Crippen LogP contribution < -0.4 is 0 Å². The van der Waals surface area contributed by atoms with Gasteiger partial charge in [-0.1, -0.05) is 13.0 Å². The summed E-state index contributed by atoms with van der Waals surface area (Å²) in [6, 6.07) is 0. The summed E-state index contributed by atoms with van der Waals surface area (Å²) in [5.74, 6) is -1.70. The first-order valence-corrected chi connectivity index (χ1v) is 5.08. The van der Waals surface area contributed by atoms with Crippen LogP contribution in [0, 0.1) is 0 Å². The molecule has 0 saturated heterocycles. The number of carbonyl (C=O) groups is 2. The third-order valence-electron chi connectivity index (χ3n) is 2.74. The van der Waals surface area contributed by atoms with Gasteiger partial charge >= 0.3 is 5.97 Å². The van der Waals surface area contributed by atoms with Crippen molar-refractivity contribution in [2.24, 2.45) is 7.05 Å². The summed E-state index contributed by atoms with van der Waals surface area (Å²) in [6.45, 7) is 1.94. The highest BCUT2D eigenvalue weighted by Crippen LogP contribution is 2.31. The molecular formula is C11H12N2O3. The van der Waals surface area contributed by atoms with Gasteiger partial charge in [-0.2, -0.15) is 5.10 Å². The first-order valence-electron chi connectivity index (χ1n) is 5.08. The van der Waals surface area contributed by atoms with Crippen LogP contribution in [0.15, 0.2) is 17.8 Å². The largest absolute Gasteiger partial charge is 0.478 e. The second-order valence-corrected chi connectivity index (χ2v) is 3.83. The standard InChI is InChI=1S/C11H12N2O3/c1-3-6-4-7(11(15)16)10(14)8-5-13(2)12-9(6)8/h4-6H,3H2,1-2H3,(H,15,16). The van der Waals surface area contributed by atoms with Gasteiger partial charge in [0.2, 0.25) is 5.78 Å². The summed E-state index contributed by atoms with van der Waals surface area (Å²) in [5, 5.41) is 13.1. The van der Waals surface area contributed by atoms with Crippen LogP contribution >= 0.6 is 0 Å². The van der Waals surface area contributed by atoms with Crippen molar-refractivity contribution in [3.8, 4) is 0 Å². The lowest BCUT2D eigenvalue weighted by Crippen LogP contribution is -2.20. The van der Waals surface area contributed by atoms with E-state index in [4.69, 9.17) is 5.11 Å². The van der Waals surface area contributed by atoms with Crippen LogP contribution in [0.3, 0.4) is 0 Å². The third-order valence-corrected chi connectivity index (χ3v) is 2.74. The predicted molar refractivity (Wildman–Crippen MR) is 56.3 cm³/mol. The van der Waals surface area contributed by atoms with E-state index >= 15 is 0 Å². The van der Waals surface area contributed by atoms with Crippen LogP contribution in [-0.4, -0.2) is 26.6 Å². The van der Waals surface area contributed by atoms with Gasteiger partial charge in [0.1, 0.15) is 5.57 Å². The molecule has 1 unspecified atom stereocenters. The highest BCUT2D eigenvalue weighted by molar-refractivity contribution is 6.25. The molecule has 1 N–H and O–H groups in total. The number of carbonyl (C=O) groups excluding carboxylic acids is 1. The maximum atomic E-state index is 11.8. The van der Waals surface area contributed by atoms with E-state index in [0.717, 1.165) is 6.42 Å². The lowest BCUT2D eigenvalue weighted by atomic mass is 9.87. The molecule has 84 valence electrons. The Labute approximate surface area is 92.4 Å². The SMILES string of the molecule is CCC1C=C(C(=O)O)C(=O)c2cn(C)nc21. The quantitative estimate of drug-likeness (QED) is 0.758. The molecule has 2 rings (SSSR count). The molecule has 5 nitrogen and oxygen atoms in total. The van der Waals surface area contributed by atoms with Crippen molar-refractivity contribution in [1.82, 2.24) is 9.78 Å². The summed E-state index contributed by atoms with van der Waals surface area (Å²) in [4.78, 5) is 22.8. The molecule has 0 spiro atoms. The van der Waals surface area contributed by atoms with Gasteiger partial charge in [-0.3, -0.25) is 9.48 Å². The van der Waals surface area contributed by atoms with Gasteiger partial charge in [0.15, 0.2) is 0 Å². The van der Waals surface area contributed by atoms with Crippen LogP contribution in [-0.2, 0) is 11.8 Å². The van der Waals surface area contributed by atoms with Crippen LogP contribution in [0.4, 0.5) is 0 Å². The molecule has 0 aromatic carbocycles. The molecule has 1 aromatic heterocycles. The van der Waals surface area contributed by atoms with E-state index in [9.17, 15) is 9.59 Å². The second-order valence-electron chi connectivity index (χ2n) is 3.83. The van der Waals surface area contributed by atoms with E-state index in [-0.39, 0.29) is 11.5 Å². The summed E-state index contributed by atoms with van der Waals surface area (Å²) in [6.07, 6.45) is 3.81. The summed E-state index contributed by atoms with van der Waals surface area (Å²) in [5.41, 5.74) is 0.946. The first-order chi connectivity index (χ1) is 7.54. The van der Waals surface area contributed by atoms with Crippen molar-refractivity contribution in [3.63, 3.8) is 0 Å². The van der Waals surface area contributed by atoms with E-state index in [1.165, 1.54) is 6.08 Å². The molecular weight excluding hydrogens is 208 g/mol. The molecule has 1 aliphatic rings. The van der Waals surface area contributed by atoms with Crippen molar-refractivity contribution >= 4 is 11.8 Å². The Kier molecular flexibility index (Phi) is 2.38. The Morgan fingerprint density at radius 3 is 2.88 bits per heavy atom. The highest BCUT2D eigenvalue weighted by atomic mass is 16.4. The maximum absolute atomic E-state index is 11.8. The van der Waals surface area contributed by atoms with Crippen molar-refractivity contribution in [3.05, 3.63) is 29.1 Å². The number of allylic oxidation sites excluding steroid dienone is 1. The number of carboxylic acids is 1. The molecule has 16 heavy (non-hydrogen) atoms. The number of aliphatic carboxylic acids is 1. The third kappa shape index (κ3) is 1.44. The van der Waals surface area contributed by atoms with Crippen LogP contribution in [0.1, 0.15) is 35.3 Å². The highest BCUT2D eigenvalue weighted by Gasteiger charge is 2.32. The van der Waals surface area contributed by atoms with Gasteiger partial charge in [0.05, 0.1) is 11.3 Å². The number of rotatable bonds is 2. The van der Waals surface area contributed by atoms with E-state index in [0.29, 0.717) is 11.3 Å². The zero-order chi connectivity index (χ0) is 11.9. The number of hydrogen-bond acceptors (Lipinski definition) is 3. The van der Waals surface area contributed by atoms with Gasteiger partial charge in [0, 0.05) is 19.2 Å². The molecule has 0 radical (unpaired) electrons. The van der Waals surface area contributed by atoms with Gasteiger partial charge in [-0.05, 0) is 6.42 Å². The number of ketones is 1. The van der Waals surface area contributed by atoms with Crippen molar-refractivity contribution in [1.29, 1.82) is 0 Å². The molecule has 0 bridgehead atoms. The molecule has 0 aliphatic heterocycles. The van der Waals surface area contributed by atoms with Gasteiger partial charge in [0.25, 0.3) is 0 Å². The zero-order valence-corrected chi connectivity index (χ0v) is 9.10. The fourth-order valence-electron chi connectivity index (χ4n) is 1.93. The Morgan fingerprint density at radius 1 is 1.62 bits per heavy atom. The minimum atomic E-state index is -1.17. The fraction of sp³-hybridized carbons (Fsp3) is 0.364. The number of aryl methyl sites for hydroxylation is 1. The number of hydrogen-bond donors (Lipinski definition) is 1. The van der Waals surface area contributed by atoms with Crippen LogP contribution in [0.2, 0.25) is 0 Å². The molecule has 1 atom stereocenters. The second kappa shape index (κ2) is 3.59. The predicted octanol–water partition coefficient (Wildman–Crippen LogP) is 1.12. The summed E-state index contributed by atoms with van der Waals surface area (Å²) >= 11 is 0. The fourth-order valence-corrected chi connectivity index (χ4v) is 1.93. The molecule has 1 aromatic rings. The smallest absolute Gasteiger partial charge is 0.339 e. The zero-order valence-electron chi connectivity index (χ0n) is 9.10. The average Bonchev–Trinajstić information content (AvgIpc) is 2.60. The first kappa shape index (κ1) is 10.6. The normalized spacial score (nSPS) is 19.2. The van der Waals surface area contributed by atoms with E-state index in [2.05, 4.69) is 5.10 Å². The number of fused-ring (bicyclic) bond motifs is 1. The van der Waals surface area contributed by atoms with Crippen molar-refractivity contribution < 1.29 is 14.7 Å². The lowest BCUT2D eigenvalue weighted by Gasteiger charge is -2.15. The average molecular weight is 220 g/mol. The Hall–Kier alpha value is -1.91. The number of Topliss-reactive ketones (excluding diaryl/α,β-unsaturated/α-hetero) is 1. The molecule has 0 saturated carbocycles. The minimum absolute atomic E-state index is 0.0833. The maximum Gasteiger partial charge on any atom is 0.339 e. The number of carboxylic acid groups (broad SMARTS) is 1. The van der Waals surface area contributed by atoms with Crippen molar-refractivity contribution in [2.45, 2.75) is 19.3 Å². The van der Waals surface area contributed by atoms with Crippen molar-refractivity contribution in [2.75, 3.05) is 0 Å². The van der Waals surface area contributed by atoms with Crippen LogP contribution in [0.25, 0.3) is 0 Å². The summed E-state index contributed by atoms with van der Waals surface area (Å²) in [7, 11) is 1.72. The minimum Gasteiger partial charge on any atom is -0.478 e. The van der Waals surface area contributed by atoms with Gasteiger partial charge < -0.3 is 5.11 Å². The number of aromatic nitrogens is 2. The molecule has 5 heteroatoms. The molecule has 0 amide bonds. The monoisotopic (exact) mass is 220 g/mol. The van der Waals surface area contributed by atoms with Crippen LogP contribution in [0.5, 0.6) is 0 Å². The topological polar surface area (TPSA) is 72.2 Å². The van der Waals surface area contributed by atoms with E-state index in [1.54, 1.807) is 17.9 Å². The lowest BCUT2D eigenvalue weighted by molar-refractivity contribution is -0.132. The number of nitrogens with zero attached hydrogens (tertiary/aromatic N) is 2. The molecule has 1 aliphatic carbocycles. The van der Waals surface area contributed by atoms with E-state index < -0.39 is 11.8 Å². The Balaban J connectivity index is 2.56. The molecule has 1 heterocycles. The Bertz CT molecular complexity index is 499. The summed E-state index contributed by atoms with van der Waals surface area (Å²) < 4.78 is 1.55. The molecule has 0 fully saturated rings. The van der Waals surface area contributed by atoms with Gasteiger partial charge in [-0.25, -0.2) is 4.79 Å².